The Kier molecular flexibility index (Phi) is 6.43. The minimum atomic E-state index is 0.378. The maximum atomic E-state index is 5.23. The standard InChI is InChI=1S/C16H23N/c1-4-6-8-15-9-11-16(12-10-15)14(3)17-13-7-5-2/h2,9-12,14,17H,4,6-8,13H2,1,3H3. The van der Waals surface area contributed by atoms with Crippen LogP contribution in [0.25, 0.3) is 0 Å². The fourth-order valence-electron chi connectivity index (χ4n) is 1.83. The molecule has 1 nitrogen and oxygen atoms in total. The number of nitrogens with one attached hydrogen (secondary N) is 1. The lowest BCUT2D eigenvalue weighted by Crippen LogP contribution is -2.19. The number of unbranched alkanes of at least 4 members (excludes halogenated alkanes) is 1. The molecule has 1 atom stereocenters. The highest BCUT2D eigenvalue weighted by Gasteiger charge is 2.03. The fraction of sp³-hybridized carbons (Fsp3) is 0.500. The van der Waals surface area contributed by atoms with Crippen LogP contribution in [0.5, 0.6) is 0 Å². The number of hydrogen-bond acceptors (Lipinski definition) is 1. The van der Waals surface area contributed by atoms with E-state index >= 15 is 0 Å². The van der Waals surface area contributed by atoms with Crippen molar-refractivity contribution in [3.05, 3.63) is 35.4 Å². The zero-order chi connectivity index (χ0) is 12.5. The Morgan fingerprint density at radius 1 is 1.29 bits per heavy atom. The quantitative estimate of drug-likeness (QED) is 0.555. The minimum Gasteiger partial charge on any atom is -0.309 e. The lowest BCUT2D eigenvalue weighted by Gasteiger charge is -2.13. The van der Waals surface area contributed by atoms with Crippen molar-refractivity contribution in [2.75, 3.05) is 6.54 Å². The van der Waals surface area contributed by atoms with Gasteiger partial charge in [0.2, 0.25) is 0 Å². The van der Waals surface area contributed by atoms with Crippen molar-refractivity contribution in [1.29, 1.82) is 0 Å². The van der Waals surface area contributed by atoms with Gasteiger partial charge in [0.05, 0.1) is 0 Å². The van der Waals surface area contributed by atoms with E-state index in [0.29, 0.717) is 6.04 Å². The van der Waals surface area contributed by atoms with Crippen LogP contribution in [0.2, 0.25) is 0 Å². The molecule has 17 heavy (non-hydrogen) atoms. The summed E-state index contributed by atoms with van der Waals surface area (Å²) in [6.07, 6.45) is 9.74. The molecule has 0 aliphatic heterocycles. The highest BCUT2D eigenvalue weighted by molar-refractivity contribution is 5.24. The van der Waals surface area contributed by atoms with Crippen LogP contribution in [0, 0.1) is 12.3 Å². The SMILES string of the molecule is C#CCCNC(C)c1ccc(CCCC)cc1. The molecule has 0 aromatic heterocycles. The van der Waals surface area contributed by atoms with Crippen molar-refractivity contribution in [3.8, 4) is 12.3 Å². The van der Waals surface area contributed by atoms with Gasteiger partial charge in [0.1, 0.15) is 0 Å². The molecular weight excluding hydrogens is 206 g/mol. The van der Waals surface area contributed by atoms with E-state index < -0.39 is 0 Å². The molecule has 1 rings (SSSR count). The molecule has 92 valence electrons. The van der Waals surface area contributed by atoms with E-state index in [0.717, 1.165) is 13.0 Å². The summed E-state index contributed by atoms with van der Waals surface area (Å²) in [5, 5.41) is 3.42. The Hall–Kier alpha value is -1.26. The van der Waals surface area contributed by atoms with E-state index in [4.69, 9.17) is 6.42 Å². The smallest absolute Gasteiger partial charge is 0.0292 e. The fourth-order valence-corrected chi connectivity index (χ4v) is 1.83. The van der Waals surface area contributed by atoms with Crippen LogP contribution in [0.15, 0.2) is 24.3 Å². The molecule has 0 aliphatic carbocycles. The van der Waals surface area contributed by atoms with Crippen molar-refractivity contribution in [2.45, 2.75) is 45.6 Å². The van der Waals surface area contributed by atoms with Crippen LogP contribution < -0.4 is 5.32 Å². The molecule has 0 spiro atoms. The second-order valence-corrected chi connectivity index (χ2v) is 4.48. The van der Waals surface area contributed by atoms with Gasteiger partial charge in [-0.1, -0.05) is 37.6 Å². The van der Waals surface area contributed by atoms with Crippen molar-refractivity contribution in [3.63, 3.8) is 0 Å². The van der Waals surface area contributed by atoms with E-state index in [-0.39, 0.29) is 0 Å². The molecule has 0 amide bonds. The molecule has 0 aliphatic rings. The summed E-state index contributed by atoms with van der Waals surface area (Å²) in [5.74, 6) is 2.64. The van der Waals surface area contributed by atoms with Crippen LogP contribution in [0.1, 0.15) is 50.3 Å². The van der Waals surface area contributed by atoms with Crippen molar-refractivity contribution in [1.82, 2.24) is 5.32 Å². The summed E-state index contributed by atoms with van der Waals surface area (Å²) in [6.45, 7) is 5.29. The number of benzene rings is 1. The van der Waals surface area contributed by atoms with Crippen LogP contribution in [0.4, 0.5) is 0 Å². The molecule has 0 heterocycles. The Morgan fingerprint density at radius 2 is 2.00 bits per heavy atom. The zero-order valence-corrected chi connectivity index (χ0v) is 11.0. The van der Waals surface area contributed by atoms with Gasteiger partial charge in [0, 0.05) is 19.0 Å². The highest BCUT2D eigenvalue weighted by Crippen LogP contribution is 2.14. The third-order valence-electron chi connectivity index (χ3n) is 3.02. The first-order valence-electron chi connectivity index (χ1n) is 6.53. The van der Waals surface area contributed by atoms with E-state index in [1.165, 1.54) is 30.4 Å². The highest BCUT2D eigenvalue weighted by atomic mass is 14.9. The normalized spacial score (nSPS) is 12.1. The average Bonchev–Trinajstić information content (AvgIpc) is 2.37. The molecule has 1 heteroatoms. The Bertz CT molecular complexity index is 345. The maximum absolute atomic E-state index is 5.23. The predicted octanol–water partition coefficient (Wildman–Crippen LogP) is 3.70. The molecule has 1 unspecified atom stereocenters. The molecule has 1 N–H and O–H groups in total. The van der Waals surface area contributed by atoms with Gasteiger partial charge < -0.3 is 5.32 Å². The molecule has 0 saturated heterocycles. The topological polar surface area (TPSA) is 12.0 Å². The van der Waals surface area contributed by atoms with Crippen LogP contribution in [-0.4, -0.2) is 6.54 Å². The zero-order valence-electron chi connectivity index (χ0n) is 11.0. The van der Waals surface area contributed by atoms with E-state index in [2.05, 4.69) is 49.4 Å². The molecular formula is C16H23N. The summed E-state index contributed by atoms with van der Waals surface area (Å²) in [6, 6.07) is 9.30. The third-order valence-corrected chi connectivity index (χ3v) is 3.02. The first-order chi connectivity index (χ1) is 8.27. The number of rotatable bonds is 7. The molecule has 0 bridgehead atoms. The molecule has 1 aromatic rings. The van der Waals surface area contributed by atoms with Gasteiger partial charge >= 0.3 is 0 Å². The van der Waals surface area contributed by atoms with Crippen molar-refractivity contribution >= 4 is 0 Å². The van der Waals surface area contributed by atoms with Crippen molar-refractivity contribution < 1.29 is 0 Å². The maximum Gasteiger partial charge on any atom is 0.0292 e. The summed E-state index contributed by atoms with van der Waals surface area (Å²) in [7, 11) is 0. The van der Waals surface area contributed by atoms with Gasteiger partial charge in [0.25, 0.3) is 0 Å². The molecule has 1 aromatic carbocycles. The summed E-state index contributed by atoms with van der Waals surface area (Å²) in [5.41, 5.74) is 2.77. The molecule has 0 radical (unpaired) electrons. The number of aryl methyl sites for hydroxylation is 1. The second-order valence-electron chi connectivity index (χ2n) is 4.48. The summed E-state index contributed by atoms with van der Waals surface area (Å²) in [4.78, 5) is 0. The number of hydrogen-bond donors (Lipinski definition) is 1. The Labute approximate surface area is 106 Å². The van der Waals surface area contributed by atoms with Crippen LogP contribution in [0.3, 0.4) is 0 Å². The van der Waals surface area contributed by atoms with Crippen LogP contribution >= 0.6 is 0 Å². The predicted molar refractivity (Wildman–Crippen MR) is 74.9 cm³/mol. The second kappa shape index (κ2) is 7.92. The Balaban J connectivity index is 2.46. The summed E-state index contributed by atoms with van der Waals surface area (Å²) < 4.78 is 0. The van der Waals surface area contributed by atoms with E-state index in [1.54, 1.807) is 0 Å². The molecule has 0 saturated carbocycles. The first kappa shape index (κ1) is 13.8. The summed E-state index contributed by atoms with van der Waals surface area (Å²) >= 11 is 0. The van der Waals surface area contributed by atoms with E-state index in [9.17, 15) is 0 Å². The van der Waals surface area contributed by atoms with Gasteiger partial charge in [-0.25, -0.2) is 0 Å². The first-order valence-corrected chi connectivity index (χ1v) is 6.53. The number of terminal acetylenes is 1. The van der Waals surface area contributed by atoms with Gasteiger partial charge in [-0.15, -0.1) is 12.3 Å². The van der Waals surface area contributed by atoms with Gasteiger partial charge in [-0.2, -0.15) is 0 Å². The van der Waals surface area contributed by atoms with Gasteiger partial charge in [-0.3, -0.25) is 0 Å². The lowest BCUT2D eigenvalue weighted by atomic mass is 10.0. The largest absolute Gasteiger partial charge is 0.309 e. The van der Waals surface area contributed by atoms with E-state index in [1.807, 2.05) is 0 Å². The lowest BCUT2D eigenvalue weighted by molar-refractivity contribution is 0.584. The monoisotopic (exact) mass is 229 g/mol. The molecule has 0 fully saturated rings. The minimum absolute atomic E-state index is 0.378. The third kappa shape index (κ3) is 5.06. The van der Waals surface area contributed by atoms with Crippen molar-refractivity contribution in [2.24, 2.45) is 0 Å². The average molecular weight is 229 g/mol. The van der Waals surface area contributed by atoms with Gasteiger partial charge in [-0.05, 0) is 30.9 Å². The van der Waals surface area contributed by atoms with Gasteiger partial charge in [0.15, 0.2) is 0 Å². The Morgan fingerprint density at radius 3 is 2.59 bits per heavy atom. The van der Waals surface area contributed by atoms with Crippen LogP contribution in [-0.2, 0) is 6.42 Å².